The highest BCUT2D eigenvalue weighted by Gasteiger charge is 2.25. The second-order valence-corrected chi connectivity index (χ2v) is 6.93. The van der Waals surface area contributed by atoms with E-state index in [4.69, 9.17) is 27.9 Å². The fourth-order valence-electron chi connectivity index (χ4n) is 2.38. The average molecular weight is 405 g/mol. The summed E-state index contributed by atoms with van der Waals surface area (Å²) in [6.45, 7) is -0.107. The minimum absolute atomic E-state index is 0.0575. The molecule has 1 aliphatic rings. The maximum Gasteiger partial charge on any atom is 0.262 e. The molecule has 0 aliphatic heterocycles. The number of nitriles is 1. The highest BCUT2D eigenvalue weighted by Crippen LogP contribution is 2.28. The number of benzene rings is 2. The molecule has 1 aliphatic carbocycles. The van der Waals surface area contributed by atoms with Gasteiger partial charge in [0.25, 0.3) is 5.91 Å². The molecule has 7 heteroatoms. The van der Waals surface area contributed by atoms with Crippen molar-refractivity contribution in [3.05, 3.63) is 69.0 Å². The van der Waals surface area contributed by atoms with Crippen LogP contribution in [0.1, 0.15) is 24.0 Å². The molecule has 27 heavy (non-hydrogen) atoms. The first-order chi connectivity index (χ1) is 13.0. The van der Waals surface area contributed by atoms with Gasteiger partial charge >= 0.3 is 0 Å². The summed E-state index contributed by atoms with van der Waals surface area (Å²) >= 11 is 12.1. The molecule has 0 bridgehead atoms. The Hall–Kier alpha value is -2.55. The third kappa shape index (κ3) is 5.00. The number of rotatable bonds is 6. The lowest BCUT2D eigenvalue weighted by Gasteiger charge is -2.12. The van der Waals surface area contributed by atoms with Crippen LogP contribution in [-0.4, -0.2) is 11.9 Å². The molecule has 1 amide bonds. The summed E-state index contributed by atoms with van der Waals surface area (Å²) in [5, 5.41) is 12.7. The lowest BCUT2D eigenvalue weighted by atomic mass is 10.1. The lowest BCUT2D eigenvalue weighted by molar-refractivity contribution is -0.117. The van der Waals surface area contributed by atoms with Crippen LogP contribution < -0.4 is 10.1 Å². The van der Waals surface area contributed by atoms with Gasteiger partial charge in [-0.05, 0) is 49.2 Å². The van der Waals surface area contributed by atoms with E-state index >= 15 is 0 Å². The Kier molecular flexibility index (Phi) is 6.00. The van der Waals surface area contributed by atoms with Gasteiger partial charge in [0.2, 0.25) is 0 Å². The van der Waals surface area contributed by atoms with Gasteiger partial charge in [-0.25, -0.2) is 4.39 Å². The first-order valence-electron chi connectivity index (χ1n) is 8.26. The maximum absolute atomic E-state index is 13.9. The molecule has 1 fully saturated rings. The van der Waals surface area contributed by atoms with Crippen LogP contribution in [0.4, 0.5) is 4.39 Å². The predicted octanol–water partition coefficient (Wildman–Crippen LogP) is 4.90. The summed E-state index contributed by atoms with van der Waals surface area (Å²) < 4.78 is 19.6. The van der Waals surface area contributed by atoms with Crippen molar-refractivity contribution in [1.82, 2.24) is 5.32 Å². The summed E-state index contributed by atoms with van der Waals surface area (Å²) in [5.41, 5.74) is 0.603. The molecule has 2 aromatic carbocycles. The maximum atomic E-state index is 13.9. The van der Waals surface area contributed by atoms with Gasteiger partial charge in [-0.15, -0.1) is 0 Å². The normalized spacial score (nSPS) is 13.8. The van der Waals surface area contributed by atoms with Crippen molar-refractivity contribution >= 4 is 35.2 Å². The van der Waals surface area contributed by atoms with E-state index in [2.05, 4.69) is 5.32 Å². The van der Waals surface area contributed by atoms with Crippen LogP contribution in [0.2, 0.25) is 10.0 Å². The fraction of sp³-hybridized carbons (Fsp3) is 0.200. The molecule has 1 N–H and O–H groups in total. The van der Waals surface area contributed by atoms with Crippen LogP contribution >= 0.6 is 23.2 Å². The predicted molar refractivity (Wildman–Crippen MR) is 102 cm³/mol. The van der Waals surface area contributed by atoms with E-state index < -0.39 is 11.7 Å². The number of carbonyl (C=O) groups is 1. The van der Waals surface area contributed by atoms with Crippen molar-refractivity contribution in [1.29, 1.82) is 5.26 Å². The standard InChI is InChI=1S/C20H15Cl2FN2O2/c21-14-4-7-19(27-11-16-17(22)2-1-3-18(16)23)12(9-14)8-13(10-24)20(26)25-15-5-6-15/h1-4,7-9,15H,5-6,11H2,(H,25,26). The van der Waals surface area contributed by atoms with Crippen molar-refractivity contribution in [2.75, 3.05) is 0 Å². The molecular formula is C20H15Cl2FN2O2. The Morgan fingerprint density at radius 3 is 2.78 bits per heavy atom. The van der Waals surface area contributed by atoms with E-state index in [1.165, 1.54) is 18.2 Å². The van der Waals surface area contributed by atoms with Crippen molar-refractivity contribution in [2.45, 2.75) is 25.5 Å². The lowest BCUT2D eigenvalue weighted by Crippen LogP contribution is -2.26. The number of ether oxygens (including phenoxy) is 1. The van der Waals surface area contributed by atoms with Crippen molar-refractivity contribution < 1.29 is 13.9 Å². The van der Waals surface area contributed by atoms with Gasteiger partial charge in [-0.2, -0.15) is 5.26 Å². The number of hydrogen-bond acceptors (Lipinski definition) is 3. The molecule has 0 heterocycles. The molecule has 0 aromatic heterocycles. The number of hydrogen-bond donors (Lipinski definition) is 1. The average Bonchev–Trinajstić information content (AvgIpc) is 3.44. The van der Waals surface area contributed by atoms with E-state index in [1.54, 1.807) is 24.3 Å². The zero-order valence-corrected chi connectivity index (χ0v) is 15.6. The molecule has 138 valence electrons. The fourth-order valence-corrected chi connectivity index (χ4v) is 2.78. The number of amides is 1. The Labute approximate surface area is 166 Å². The van der Waals surface area contributed by atoms with E-state index in [9.17, 15) is 14.4 Å². The summed E-state index contributed by atoms with van der Waals surface area (Å²) in [4.78, 5) is 12.2. The molecule has 0 spiro atoms. The van der Waals surface area contributed by atoms with E-state index in [1.807, 2.05) is 6.07 Å². The van der Waals surface area contributed by atoms with E-state index in [0.29, 0.717) is 16.3 Å². The first-order valence-corrected chi connectivity index (χ1v) is 9.01. The van der Waals surface area contributed by atoms with Crippen LogP contribution in [0.25, 0.3) is 6.08 Å². The monoisotopic (exact) mass is 404 g/mol. The molecule has 0 atom stereocenters. The van der Waals surface area contributed by atoms with E-state index in [0.717, 1.165) is 12.8 Å². The second-order valence-electron chi connectivity index (χ2n) is 6.09. The third-order valence-electron chi connectivity index (χ3n) is 3.98. The van der Waals surface area contributed by atoms with Gasteiger partial charge in [0, 0.05) is 22.2 Å². The summed E-state index contributed by atoms with van der Waals surface area (Å²) in [5.74, 6) is -0.566. The topological polar surface area (TPSA) is 62.1 Å². The largest absolute Gasteiger partial charge is 0.488 e. The SMILES string of the molecule is N#CC(=Cc1cc(Cl)ccc1OCc1c(F)cccc1Cl)C(=O)NC1CC1. The van der Waals surface area contributed by atoms with Crippen LogP contribution in [0, 0.1) is 17.1 Å². The highest BCUT2D eigenvalue weighted by molar-refractivity contribution is 6.31. The smallest absolute Gasteiger partial charge is 0.262 e. The van der Waals surface area contributed by atoms with Crippen LogP contribution in [0.15, 0.2) is 42.0 Å². The molecule has 3 rings (SSSR count). The second kappa shape index (κ2) is 8.43. The summed E-state index contributed by atoms with van der Waals surface area (Å²) in [6, 6.07) is 11.2. The number of nitrogens with one attached hydrogen (secondary N) is 1. The van der Waals surface area contributed by atoms with E-state index in [-0.39, 0.29) is 28.8 Å². The number of nitrogens with zero attached hydrogens (tertiary/aromatic N) is 1. The Balaban J connectivity index is 1.85. The van der Waals surface area contributed by atoms with Crippen molar-refractivity contribution in [3.8, 4) is 11.8 Å². The summed E-state index contributed by atoms with van der Waals surface area (Å²) in [7, 11) is 0. The molecule has 1 saturated carbocycles. The Bertz CT molecular complexity index is 929. The minimum Gasteiger partial charge on any atom is -0.488 e. The molecule has 0 radical (unpaired) electrons. The summed E-state index contributed by atoms with van der Waals surface area (Å²) in [6.07, 6.45) is 3.24. The minimum atomic E-state index is -0.477. The molecule has 0 unspecified atom stereocenters. The zero-order chi connectivity index (χ0) is 19.4. The quantitative estimate of drug-likeness (QED) is 0.550. The Morgan fingerprint density at radius 1 is 1.33 bits per heavy atom. The van der Waals surface area contributed by atoms with Gasteiger partial charge in [-0.1, -0.05) is 29.3 Å². The first kappa shape index (κ1) is 19.2. The van der Waals surface area contributed by atoms with Gasteiger partial charge in [0.1, 0.15) is 29.8 Å². The van der Waals surface area contributed by atoms with Gasteiger partial charge in [0.05, 0.1) is 5.02 Å². The van der Waals surface area contributed by atoms with Crippen molar-refractivity contribution in [2.24, 2.45) is 0 Å². The Morgan fingerprint density at radius 2 is 2.11 bits per heavy atom. The molecule has 0 saturated heterocycles. The number of carbonyl (C=O) groups excluding carboxylic acids is 1. The number of halogens is 3. The van der Waals surface area contributed by atoms with Gasteiger partial charge in [-0.3, -0.25) is 4.79 Å². The highest BCUT2D eigenvalue weighted by atomic mass is 35.5. The third-order valence-corrected chi connectivity index (χ3v) is 4.57. The zero-order valence-electron chi connectivity index (χ0n) is 14.1. The van der Waals surface area contributed by atoms with Gasteiger partial charge < -0.3 is 10.1 Å². The molecule has 2 aromatic rings. The molecule has 4 nitrogen and oxygen atoms in total. The molecular weight excluding hydrogens is 390 g/mol. The van der Waals surface area contributed by atoms with Crippen LogP contribution in [0.3, 0.4) is 0 Å². The van der Waals surface area contributed by atoms with Crippen LogP contribution in [0.5, 0.6) is 5.75 Å². The van der Waals surface area contributed by atoms with Crippen LogP contribution in [-0.2, 0) is 11.4 Å². The van der Waals surface area contributed by atoms with Crippen molar-refractivity contribution in [3.63, 3.8) is 0 Å². The van der Waals surface area contributed by atoms with Gasteiger partial charge in [0.15, 0.2) is 0 Å².